The van der Waals surface area contributed by atoms with Gasteiger partial charge in [-0.25, -0.2) is 4.79 Å². The van der Waals surface area contributed by atoms with Crippen LogP contribution in [0.15, 0.2) is 0 Å². The Kier molecular flexibility index (Phi) is 5.68. The Morgan fingerprint density at radius 1 is 1.05 bits per heavy atom. The lowest BCUT2D eigenvalue weighted by Gasteiger charge is -2.30. The van der Waals surface area contributed by atoms with Crippen LogP contribution in [-0.4, -0.2) is 42.5 Å². The molecule has 2 N–H and O–H groups in total. The normalized spacial score (nSPS) is 21.6. The first-order valence-electron chi connectivity index (χ1n) is 7.97. The van der Waals surface area contributed by atoms with Gasteiger partial charge in [-0.3, -0.25) is 4.79 Å². The van der Waals surface area contributed by atoms with Gasteiger partial charge in [0.15, 0.2) is 0 Å². The van der Waals surface area contributed by atoms with Gasteiger partial charge in [0, 0.05) is 19.1 Å². The van der Waals surface area contributed by atoms with Crippen molar-refractivity contribution in [2.45, 2.75) is 57.9 Å². The Morgan fingerprint density at radius 2 is 1.70 bits per heavy atom. The van der Waals surface area contributed by atoms with Crippen LogP contribution in [0, 0.1) is 5.92 Å². The van der Waals surface area contributed by atoms with Gasteiger partial charge in [0.05, 0.1) is 6.54 Å². The first-order chi connectivity index (χ1) is 9.65. The molecule has 0 atom stereocenters. The molecule has 1 aliphatic carbocycles. The van der Waals surface area contributed by atoms with E-state index in [-0.39, 0.29) is 24.5 Å². The van der Waals surface area contributed by atoms with E-state index in [0.717, 1.165) is 38.8 Å². The average Bonchev–Trinajstić information content (AvgIpc) is 2.46. The molecule has 1 heterocycles. The van der Waals surface area contributed by atoms with Gasteiger partial charge in [-0.1, -0.05) is 26.2 Å². The number of nitrogens with one attached hydrogen (secondary N) is 2. The lowest BCUT2D eigenvalue weighted by Crippen LogP contribution is -2.48. The smallest absolute Gasteiger partial charge is 0.315 e. The molecule has 3 amide bonds. The fourth-order valence-corrected chi connectivity index (χ4v) is 3.01. The number of hydrogen-bond donors (Lipinski definition) is 2. The van der Waals surface area contributed by atoms with Crippen molar-refractivity contribution in [2.24, 2.45) is 5.92 Å². The van der Waals surface area contributed by atoms with E-state index in [0.29, 0.717) is 5.92 Å². The van der Waals surface area contributed by atoms with Gasteiger partial charge < -0.3 is 15.5 Å². The van der Waals surface area contributed by atoms with E-state index in [9.17, 15) is 9.59 Å². The first-order valence-corrected chi connectivity index (χ1v) is 7.97. The highest BCUT2D eigenvalue weighted by atomic mass is 16.2. The topological polar surface area (TPSA) is 61.4 Å². The van der Waals surface area contributed by atoms with Crippen LogP contribution in [0.25, 0.3) is 0 Å². The molecule has 5 nitrogen and oxygen atoms in total. The van der Waals surface area contributed by atoms with Crippen LogP contribution in [-0.2, 0) is 4.79 Å². The molecule has 0 aromatic carbocycles. The lowest BCUT2D eigenvalue weighted by molar-refractivity contribution is -0.131. The van der Waals surface area contributed by atoms with Crippen LogP contribution in [0.3, 0.4) is 0 Å². The van der Waals surface area contributed by atoms with Crippen LogP contribution in [0.5, 0.6) is 0 Å². The van der Waals surface area contributed by atoms with Crippen LogP contribution < -0.4 is 10.6 Å². The predicted molar refractivity (Wildman–Crippen MR) is 78.4 cm³/mol. The maximum Gasteiger partial charge on any atom is 0.315 e. The molecular weight excluding hydrogens is 254 g/mol. The van der Waals surface area contributed by atoms with Gasteiger partial charge in [0.25, 0.3) is 0 Å². The van der Waals surface area contributed by atoms with Gasteiger partial charge in [-0.05, 0) is 31.6 Å². The number of carbonyl (C=O) groups is 2. The molecule has 0 spiro atoms. The molecule has 20 heavy (non-hydrogen) atoms. The van der Waals surface area contributed by atoms with Gasteiger partial charge in [0.1, 0.15) is 0 Å². The van der Waals surface area contributed by atoms with Crippen molar-refractivity contribution >= 4 is 11.9 Å². The summed E-state index contributed by atoms with van der Waals surface area (Å²) in [6.07, 6.45) is 7.91. The summed E-state index contributed by atoms with van der Waals surface area (Å²) < 4.78 is 0. The second-order valence-corrected chi connectivity index (χ2v) is 6.23. The monoisotopic (exact) mass is 281 g/mol. The summed E-state index contributed by atoms with van der Waals surface area (Å²) in [7, 11) is 0. The zero-order chi connectivity index (χ0) is 14.4. The highest BCUT2D eigenvalue weighted by Crippen LogP contribution is 2.17. The minimum atomic E-state index is -0.198. The Labute approximate surface area is 121 Å². The number of amides is 3. The van der Waals surface area contributed by atoms with Crippen molar-refractivity contribution in [3.8, 4) is 0 Å². The van der Waals surface area contributed by atoms with Crippen molar-refractivity contribution < 1.29 is 9.59 Å². The number of urea groups is 1. The molecule has 0 aromatic rings. The Balaban J connectivity index is 1.63. The zero-order valence-electron chi connectivity index (χ0n) is 12.5. The summed E-state index contributed by atoms with van der Waals surface area (Å²) in [6, 6.07) is 0.0883. The minimum absolute atomic E-state index is 0.0377. The van der Waals surface area contributed by atoms with Crippen LogP contribution in [0.2, 0.25) is 0 Å². The highest BCUT2D eigenvalue weighted by molar-refractivity contribution is 5.84. The maximum atomic E-state index is 12.0. The summed E-state index contributed by atoms with van der Waals surface area (Å²) in [5, 5.41) is 5.66. The third-order valence-corrected chi connectivity index (χ3v) is 4.48. The standard InChI is InChI=1S/C15H27N3O2/c1-12-7-9-18(10-8-12)14(19)11-16-15(20)17-13-5-3-2-4-6-13/h12-13H,2-11H2,1H3,(H2,16,17,20). The molecule has 2 rings (SSSR count). The number of carbonyl (C=O) groups excluding carboxylic acids is 2. The molecule has 114 valence electrons. The van der Waals surface area contributed by atoms with E-state index in [2.05, 4.69) is 17.6 Å². The quantitative estimate of drug-likeness (QED) is 0.829. The Bertz CT molecular complexity index is 332. The number of likely N-dealkylation sites (tertiary alicyclic amines) is 1. The molecule has 5 heteroatoms. The van der Waals surface area contributed by atoms with Gasteiger partial charge in [-0.15, -0.1) is 0 Å². The summed E-state index contributed by atoms with van der Waals surface area (Å²) in [5.41, 5.74) is 0. The zero-order valence-corrected chi connectivity index (χ0v) is 12.5. The van der Waals surface area contributed by atoms with Gasteiger partial charge in [-0.2, -0.15) is 0 Å². The first kappa shape index (κ1) is 15.1. The SMILES string of the molecule is CC1CCN(C(=O)CNC(=O)NC2CCCCC2)CC1. The summed E-state index contributed by atoms with van der Waals surface area (Å²) in [5.74, 6) is 0.748. The number of nitrogens with zero attached hydrogens (tertiary/aromatic N) is 1. The maximum absolute atomic E-state index is 12.0. The van der Waals surface area contributed by atoms with E-state index in [1.54, 1.807) is 0 Å². The van der Waals surface area contributed by atoms with Crippen molar-refractivity contribution in [1.82, 2.24) is 15.5 Å². The minimum Gasteiger partial charge on any atom is -0.341 e. The van der Waals surface area contributed by atoms with Gasteiger partial charge in [0.2, 0.25) is 5.91 Å². The molecule has 1 saturated heterocycles. The van der Waals surface area contributed by atoms with Crippen LogP contribution >= 0.6 is 0 Å². The molecular formula is C15H27N3O2. The molecule has 0 unspecified atom stereocenters. The summed E-state index contributed by atoms with van der Waals surface area (Å²) >= 11 is 0. The third kappa shape index (κ3) is 4.69. The van der Waals surface area contributed by atoms with E-state index in [1.807, 2.05) is 4.90 Å². The third-order valence-electron chi connectivity index (χ3n) is 4.48. The van der Waals surface area contributed by atoms with Crippen LogP contribution in [0.1, 0.15) is 51.9 Å². The van der Waals surface area contributed by atoms with E-state index < -0.39 is 0 Å². The largest absolute Gasteiger partial charge is 0.341 e. The van der Waals surface area contributed by atoms with E-state index in [4.69, 9.17) is 0 Å². The molecule has 2 fully saturated rings. The average molecular weight is 281 g/mol. The fourth-order valence-electron chi connectivity index (χ4n) is 3.01. The highest BCUT2D eigenvalue weighted by Gasteiger charge is 2.21. The van der Waals surface area contributed by atoms with Crippen molar-refractivity contribution in [1.29, 1.82) is 0 Å². The van der Waals surface area contributed by atoms with Gasteiger partial charge >= 0.3 is 6.03 Å². The lowest BCUT2D eigenvalue weighted by atomic mass is 9.96. The fraction of sp³-hybridized carbons (Fsp3) is 0.867. The van der Waals surface area contributed by atoms with Crippen molar-refractivity contribution in [3.05, 3.63) is 0 Å². The summed E-state index contributed by atoms with van der Waals surface area (Å²) in [6.45, 7) is 3.99. The molecule has 0 bridgehead atoms. The number of piperidine rings is 1. The Morgan fingerprint density at radius 3 is 2.35 bits per heavy atom. The predicted octanol–water partition coefficient (Wildman–Crippen LogP) is 1.88. The van der Waals surface area contributed by atoms with Crippen LogP contribution in [0.4, 0.5) is 4.79 Å². The van der Waals surface area contributed by atoms with Crippen molar-refractivity contribution in [2.75, 3.05) is 19.6 Å². The number of rotatable bonds is 3. The van der Waals surface area contributed by atoms with E-state index >= 15 is 0 Å². The van der Waals surface area contributed by atoms with Crippen molar-refractivity contribution in [3.63, 3.8) is 0 Å². The molecule has 1 saturated carbocycles. The molecule has 2 aliphatic rings. The second kappa shape index (κ2) is 7.50. The second-order valence-electron chi connectivity index (χ2n) is 6.23. The Hall–Kier alpha value is -1.26. The molecule has 0 aromatic heterocycles. The number of hydrogen-bond acceptors (Lipinski definition) is 2. The molecule has 0 radical (unpaired) electrons. The summed E-state index contributed by atoms with van der Waals surface area (Å²) in [4.78, 5) is 25.6. The van der Waals surface area contributed by atoms with E-state index in [1.165, 1.54) is 19.3 Å². The molecule has 1 aliphatic heterocycles.